The van der Waals surface area contributed by atoms with E-state index in [0.717, 1.165) is 18.1 Å². The summed E-state index contributed by atoms with van der Waals surface area (Å²) in [6, 6.07) is 3.22. The van der Waals surface area contributed by atoms with Crippen LogP contribution >= 0.6 is 0 Å². The topological polar surface area (TPSA) is 41.3 Å². The number of rotatable bonds is 2. The van der Waals surface area contributed by atoms with Crippen LogP contribution in [0, 0.1) is 0 Å². The van der Waals surface area contributed by atoms with E-state index in [0.29, 0.717) is 6.04 Å². The molecule has 3 heteroatoms. The van der Waals surface area contributed by atoms with E-state index in [4.69, 9.17) is 5.84 Å². The summed E-state index contributed by atoms with van der Waals surface area (Å²) in [6.45, 7) is 0. The second-order valence-corrected chi connectivity index (χ2v) is 5.25. The first-order valence-electron chi connectivity index (χ1n) is 6.12. The van der Waals surface area contributed by atoms with E-state index in [1.54, 1.807) is 0 Å². The van der Waals surface area contributed by atoms with Gasteiger partial charge in [-0.1, -0.05) is 6.42 Å². The van der Waals surface area contributed by atoms with Gasteiger partial charge in [0.05, 0.1) is 0 Å². The molecular weight excluding hydrogens is 174 g/mol. The number of fused-ring (bicyclic) bond motifs is 2. The number of nitrogens with zero attached hydrogens (tertiary/aromatic N) is 1. The molecular formula is C11H21N3. The SMILES string of the molecule is NNC1CC2CCCC(C1)N2C1CC1. The Morgan fingerprint density at radius 3 is 2.07 bits per heavy atom. The number of hydrogen-bond acceptors (Lipinski definition) is 3. The Morgan fingerprint density at radius 2 is 1.57 bits per heavy atom. The minimum Gasteiger partial charge on any atom is -0.294 e. The highest BCUT2D eigenvalue weighted by atomic mass is 15.3. The summed E-state index contributed by atoms with van der Waals surface area (Å²) in [5, 5.41) is 0. The van der Waals surface area contributed by atoms with Crippen molar-refractivity contribution >= 4 is 0 Å². The number of piperidine rings is 2. The zero-order chi connectivity index (χ0) is 9.54. The highest BCUT2D eigenvalue weighted by molar-refractivity contribution is 5.00. The Morgan fingerprint density at radius 1 is 0.929 bits per heavy atom. The summed E-state index contributed by atoms with van der Waals surface area (Å²) < 4.78 is 0. The summed E-state index contributed by atoms with van der Waals surface area (Å²) in [6.07, 6.45) is 9.72. The van der Waals surface area contributed by atoms with Crippen LogP contribution < -0.4 is 11.3 Å². The maximum Gasteiger partial charge on any atom is 0.0240 e. The molecule has 0 amide bonds. The van der Waals surface area contributed by atoms with Crippen molar-refractivity contribution < 1.29 is 0 Å². The molecule has 3 fully saturated rings. The van der Waals surface area contributed by atoms with Crippen LogP contribution in [0.25, 0.3) is 0 Å². The zero-order valence-electron chi connectivity index (χ0n) is 8.78. The third-order valence-corrected chi connectivity index (χ3v) is 4.24. The second kappa shape index (κ2) is 3.47. The molecule has 0 spiro atoms. The molecule has 0 aromatic carbocycles. The maximum atomic E-state index is 5.58. The van der Waals surface area contributed by atoms with Crippen LogP contribution in [0.4, 0.5) is 0 Å². The van der Waals surface area contributed by atoms with Crippen LogP contribution in [0.15, 0.2) is 0 Å². The number of hydrogen-bond donors (Lipinski definition) is 2. The highest BCUT2D eigenvalue weighted by Crippen LogP contribution is 2.41. The first-order valence-corrected chi connectivity index (χ1v) is 6.12. The van der Waals surface area contributed by atoms with Crippen LogP contribution in [0.1, 0.15) is 44.9 Å². The molecule has 3 nitrogen and oxygen atoms in total. The van der Waals surface area contributed by atoms with Gasteiger partial charge in [-0.05, 0) is 38.5 Å². The predicted octanol–water partition coefficient (Wildman–Crippen LogP) is 0.998. The van der Waals surface area contributed by atoms with Gasteiger partial charge in [0.25, 0.3) is 0 Å². The molecule has 1 aliphatic carbocycles. The molecule has 0 radical (unpaired) electrons. The van der Waals surface area contributed by atoms with Gasteiger partial charge in [-0.25, -0.2) is 0 Å². The molecule has 0 aromatic heterocycles. The monoisotopic (exact) mass is 195 g/mol. The lowest BCUT2D eigenvalue weighted by Crippen LogP contribution is -2.57. The van der Waals surface area contributed by atoms with Gasteiger partial charge in [0.1, 0.15) is 0 Å². The van der Waals surface area contributed by atoms with Crippen molar-refractivity contribution in [2.75, 3.05) is 0 Å². The van der Waals surface area contributed by atoms with Crippen molar-refractivity contribution in [3.05, 3.63) is 0 Å². The van der Waals surface area contributed by atoms with Gasteiger partial charge < -0.3 is 0 Å². The van der Waals surface area contributed by atoms with Gasteiger partial charge >= 0.3 is 0 Å². The van der Waals surface area contributed by atoms with E-state index in [1.165, 1.54) is 44.9 Å². The standard InChI is InChI=1S/C11H21N3/c12-13-8-6-10-2-1-3-11(7-8)14(10)9-4-5-9/h8-11,13H,1-7,12H2. The minimum absolute atomic E-state index is 0.584. The Labute approximate surface area is 86.0 Å². The van der Waals surface area contributed by atoms with E-state index >= 15 is 0 Å². The summed E-state index contributed by atoms with van der Waals surface area (Å²) in [7, 11) is 0. The van der Waals surface area contributed by atoms with Crippen molar-refractivity contribution in [1.82, 2.24) is 10.3 Å². The fraction of sp³-hybridized carbons (Fsp3) is 1.00. The van der Waals surface area contributed by atoms with Gasteiger partial charge in [-0.2, -0.15) is 0 Å². The molecule has 3 N–H and O–H groups in total. The van der Waals surface area contributed by atoms with Crippen molar-refractivity contribution in [2.45, 2.75) is 69.1 Å². The quantitative estimate of drug-likeness (QED) is 0.510. The minimum atomic E-state index is 0.584. The predicted molar refractivity (Wildman–Crippen MR) is 56.6 cm³/mol. The molecule has 2 saturated heterocycles. The van der Waals surface area contributed by atoms with Crippen LogP contribution in [-0.4, -0.2) is 29.1 Å². The van der Waals surface area contributed by atoms with E-state index in [1.807, 2.05) is 0 Å². The Balaban J connectivity index is 1.74. The maximum absolute atomic E-state index is 5.58. The molecule has 0 aromatic rings. The Kier molecular flexibility index (Phi) is 2.26. The lowest BCUT2D eigenvalue weighted by molar-refractivity contribution is 0.0175. The largest absolute Gasteiger partial charge is 0.294 e. The lowest BCUT2D eigenvalue weighted by atomic mass is 9.82. The summed E-state index contributed by atoms with van der Waals surface area (Å²) in [4.78, 5) is 2.83. The van der Waals surface area contributed by atoms with Crippen molar-refractivity contribution in [2.24, 2.45) is 5.84 Å². The fourth-order valence-corrected chi connectivity index (χ4v) is 3.52. The highest BCUT2D eigenvalue weighted by Gasteiger charge is 2.44. The third kappa shape index (κ3) is 1.47. The van der Waals surface area contributed by atoms with Gasteiger partial charge in [-0.15, -0.1) is 0 Å². The van der Waals surface area contributed by atoms with Crippen LogP contribution in [0.5, 0.6) is 0 Å². The molecule has 14 heavy (non-hydrogen) atoms. The third-order valence-electron chi connectivity index (χ3n) is 4.24. The van der Waals surface area contributed by atoms with Crippen molar-refractivity contribution in [3.63, 3.8) is 0 Å². The second-order valence-electron chi connectivity index (χ2n) is 5.25. The summed E-state index contributed by atoms with van der Waals surface area (Å²) in [5.41, 5.74) is 2.99. The summed E-state index contributed by atoms with van der Waals surface area (Å²) >= 11 is 0. The Hall–Kier alpha value is -0.120. The van der Waals surface area contributed by atoms with Crippen LogP contribution in [-0.2, 0) is 0 Å². The number of nitrogens with one attached hydrogen (secondary N) is 1. The first-order chi connectivity index (χ1) is 6.88. The molecule has 2 atom stereocenters. The fourth-order valence-electron chi connectivity index (χ4n) is 3.52. The molecule has 2 heterocycles. The van der Waals surface area contributed by atoms with E-state index < -0.39 is 0 Å². The van der Waals surface area contributed by atoms with Gasteiger partial charge in [0, 0.05) is 24.2 Å². The average Bonchev–Trinajstić information content (AvgIpc) is 2.99. The number of nitrogens with two attached hydrogens (primary N) is 1. The lowest BCUT2D eigenvalue weighted by Gasteiger charge is -2.49. The molecule has 2 aliphatic heterocycles. The Bertz CT molecular complexity index is 201. The van der Waals surface area contributed by atoms with E-state index in [9.17, 15) is 0 Å². The molecule has 1 saturated carbocycles. The molecule has 2 unspecified atom stereocenters. The smallest absolute Gasteiger partial charge is 0.0240 e. The van der Waals surface area contributed by atoms with E-state index in [-0.39, 0.29) is 0 Å². The zero-order valence-corrected chi connectivity index (χ0v) is 8.78. The molecule has 3 rings (SSSR count). The van der Waals surface area contributed by atoms with Gasteiger partial charge in [0.2, 0.25) is 0 Å². The molecule has 80 valence electrons. The number of hydrazine groups is 1. The average molecular weight is 195 g/mol. The van der Waals surface area contributed by atoms with Crippen molar-refractivity contribution in [1.29, 1.82) is 0 Å². The normalized spacial score (nSPS) is 43.9. The van der Waals surface area contributed by atoms with E-state index in [2.05, 4.69) is 10.3 Å². The molecule has 3 aliphatic rings. The van der Waals surface area contributed by atoms with Crippen LogP contribution in [0.2, 0.25) is 0 Å². The van der Waals surface area contributed by atoms with Gasteiger partial charge in [0.15, 0.2) is 0 Å². The summed E-state index contributed by atoms with van der Waals surface area (Å²) in [5.74, 6) is 5.58. The molecule has 2 bridgehead atoms. The van der Waals surface area contributed by atoms with Crippen molar-refractivity contribution in [3.8, 4) is 0 Å². The van der Waals surface area contributed by atoms with Gasteiger partial charge in [-0.3, -0.25) is 16.2 Å². The first kappa shape index (κ1) is 9.13. The van der Waals surface area contributed by atoms with Crippen LogP contribution in [0.3, 0.4) is 0 Å².